The summed E-state index contributed by atoms with van der Waals surface area (Å²) < 4.78 is 0. The minimum Gasteiger partial charge on any atom is -0.321 e. The third-order valence-electron chi connectivity index (χ3n) is 5.20. The first-order valence-electron chi connectivity index (χ1n) is 10.7. The van der Waals surface area contributed by atoms with Gasteiger partial charge in [-0.25, -0.2) is 0 Å². The lowest BCUT2D eigenvalue weighted by Crippen LogP contribution is -2.13. The molecular weight excluding hydrogens is 499 g/mol. The second kappa shape index (κ2) is 10.4. The number of halogens is 2. The molecule has 5 rings (SSSR count). The van der Waals surface area contributed by atoms with Gasteiger partial charge in [-0.15, -0.1) is 0 Å². The van der Waals surface area contributed by atoms with Gasteiger partial charge in [-0.05, 0) is 72.8 Å². The van der Waals surface area contributed by atoms with Gasteiger partial charge in [0.25, 0.3) is 5.91 Å². The van der Waals surface area contributed by atoms with E-state index < -0.39 is 0 Å². The van der Waals surface area contributed by atoms with Crippen LogP contribution in [-0.2, 0) is 0 Å². The Morgan fingerprint density at radius 2 is 1.80 bits per heavy atom. The Morgan fingerprint density at radius 3 is 2.66 bits per heavy atom. The maximum Gasteiger partial charge on any atom is 0.256 e. The van der Waals surface area contributed by atoms with Crippen LogP contribution in [0.1, 0.15) is 21.7 Å². The van der Waals surface area contributed by atoms with E-state index in [1.54, 1.807) is 30.5 Å². The molecule has 0 unspecified atom stereocenters. The van der Waals surface area contributed by atoms with Crippen LogP contribution in [0.25, 0.3) is 23.1 Å². The van der Waals surface area contributed by atoms with E-state index in [0.717, 1.165) is 32.1 Å². The van der Waals surface area contributed by atoms with Gasteiger partial charge in [-0.1, -0.05) is 53.2 Å². The van der Waals surface area contributed by atoms with Gasteiger partial charge in [-0.2, -0.15) is 5.10 Å². The van der Waals surface area contributed by atoms with E-state index in [1.165, 1.54) is 11.8 Å². The number of hydrogen-bond acceptors (Lipinski definition) is 4. The maximum atomic E-state index is 13.0. The van der Waals surface area contributed by atoms with E-state index >= 15 is 0 Å². The van der Waals surface area contributed by atoms with Gasteiger partial charge in [0.1, 0.15) is 0 Å². The Kier molecular flexibility index (Phi) is 6.86. The van der Waals surface area contributed by atoms with Crippen LogP contribution in [0, 0.1) is 0 Å². The first kappa shape index (κ1) is 23.2. The Labute approximate surface area is 216 Å². The van der Waals surface area contributed by atoms with E-state index in [2.05, 4.69) is 20.5 Å². The predicted molar refractivity (Wildman–Crippen MR) is 144 cm³/mol. The molecule has 0 fully saturated rings. The van der Waals surface area contributed by atoms with Crippen molar-refractivity contribution in [2.45, 2.75) is 9.79 Å². The molecule has 2 N–H and O–H groups in total. The number of hydrogen-bond donors (Lipinski definition) is 2. The highest BCUT2D eigenvalue weighted by Crippen LogP contribution is 2.34. The predicted octanol–water partition coefficient (Wildman–Crippen LogP) is 7.84. The summed E-state index contributed by atoms with van der Waals surface area (Å²) in [7, 11) is 0. The van der Waals surface area contributed by atoms with Crippen molar-refractivity contribution >= 4 is 69.6 Å². The molecule has 2 aromatic heterocycles. The molecule has 0 radical (unpaired) electrons. The largest absolute Gasteiger partial charge is 0.321 e. The topological polar surface area (TPSA) is 70.7 Å². The minimum atomic E-state index is -0.262. The number of carbonyl (C=O) groups excluding carboxylic acids is 1. The van der Waals surface area contributed by atoms with Crippen LogP contribution in [-0.4, -0.2) is 21.1 Å². The van der Waals surface area contributed by atoms with Crippen molar-refractivity contribution in [2.24, 2.45) is 0 Å². The van der Waals surface area contributed by atoms with Gasteiger partial charge in [-0.3, -0.25) is 14.9 Å². The van der Waals surface area contributed by atoms with Crippen LogP contribution in [0.3, 0.4) is 0 Å². The van der Waals surface area contributed by atoms with Crippen molar-refractivity contribution in [3.05, 3.63) is 112 Å². The highest BCUT2D eigenvalue weighted by atomic mass is 35.5. The molecule has 5 nitrogen and oxygen atoms in total. The fourth-order valence-corrected chi connectivity index (χ4v) is 4.82. The van der Waals surface area contributed by atoms with Crippen molar-refractivity contribution in [3.63, 3.8) is 0 Å². The highest BCUT2D eigenvalue weighted by Gasteiger charge is 2.15. The standard InChI is InChI=1S/C27H18Cl2N4OS/c28-17-8-12-22(29)25(15-17)31-27(34)21-6-1-2-7-26(21)35-19-10-11-20-23(32-33-24(20)16-19)13-9-18-5-3-4-14-30-18/h1-16H,(H,31,34)(H,32,33)/b13-9+. The molecule has 8 heteroatoms. The molecule has 0 spiro atoms. The number of nitrogens with one attached hydrogen (secondary N) is 2. The molecule has 3 aromatic carbocycles. The zero-order valence-electron chi connectivity index (χ0n) is 18.2. The molecule has 0 saturated heterocycles. The van der Waals surface area contributed by atoms with E-state index in [1.807, 2.05) is 66.7 Å². The molecule has 5 aromatic rings. The first-order chi connectivity index (χ1) is 17.1. The average molecular weight is 517 g/mol. The van der Waals surface area contributed by atoms with Gasteiger partial charge in [0.15, 0.2) is 0 Å². The summed E-state index contributed by atoms with van der Waals surface area (Å²) in [4.78, 5) is 19.1. The van der Waals surface area contributed by atoms with Crippen LogP contribution in [0.4, 0.5) is 5.69 Å². The molecule has 0 aliphatic rings. The summed E-state index contributed by atoms with van der Waals surface area (Å²) in [5.41, 5.74) is 3.61. The fourth-order valence-electron chi connectivity index (χ4n) is 3.50. The zero-order chi connectivity index (χ0) is 24.2. The average Bonchev–Trinajstić information content (AvgIpc) is 3.28. The number of fused-ring (bicyclic) bond motifs is 1. The molecule has 0 bridgehead atoms. The van der Waals surface area contributed by atoms with Crippen molar-refractivity contribution in [3.8, 4) is 0 Å². The molecule has 35 heavy (non-hydrogen) atoms. The monoisotopic (exact) mass is 516 g/mol. The maximum absolute atomic E-state index is 13.0. The molecule has 1 amide bonds. The number of anilines is 1. The number of amides is 1. The van der Waals surface area contributed by atoms with E-state index in [4.69, 9.17) is 23.2 Å². The number of aromatic amines is 1. The number of benzene rings is 3. The van der Waals surface area contributed by atoms with Gasteiger partial charge in [0.05, 0.1) is 33.2 Å². The fraction of sp³-hybridized carbons (Fsp3) is 0. The molecule has 0 saturated carbocycles. The molecule has 0 aliphatic carbocycles. The summed E-state index contributed by atoms with van der Waals surface area (Å²) >= 11 is 13.8. The van der Waals surface area contributed by atoms with Crippen molar-refractivity contribution in [1.29, 1.82) is 0 Å². The molecular formula is C27H18Cl2N4OS. The summed E-state index contributed by atoms with van der Waals surface area (Å²) in [5.74, 6) is -0.262. The lowest BCUT2D eigenvalue weighted by atomic mass is 10.2. The van der Waals surface area contributed by atoms with Crippen LogP contribution < -0.4 is 5.32 Å². The number of nitrogens with zero attached hydrogens (tertiary/aromatic N) is 2. The van der Waals surface area contributed by atoms with Gasteiger partial charge < -0.3 is 5.32 Å². The summed E-state index contributed by atoms with van der Waals surface area (Å²) in [6.07, 6.45) is 5.63. The number of pyridine rings is 1. The SMILES string of the molecule is O=C(Nc1cc(Cl)ccc1Cl)c1ccccc1Sc1ccc2c(/C=C/c3ccccn3)n[nH]c2c1. The number of aromatic nitrogens is 3. The van der Waals surface area contributed by atoms with Gasteiger partial charge >= 0.3 is 0 Å². The number of rotatable bonds is 6. The lowest BCUT2D eigenvalue weighted by Gasteiger charge is -2.11. The summed E-state index contributed by atoms with van der Waals surface area (Å²) in [6, 6.07) is 24.2. The Morgan fingerprint density at radius 1 is 0.943 bits per heavy atom. The summed E-state index contributed by atoms with van der Waals surface area (Å²) in [6.45, 7) is 0. The Bertz CT molecular complexity index is 1550. The first-order valence-corrected chi connectivity index (χ1v) is 12.2. The quantitative estimate of drug-likeness (QED) is 0.241. The second-order valence-corrected chi connectivity index (χ2v) is 9.54. The highest BCUT2D eigenvalue weighted by molar-refractivity contribution is 7.99. The molecule has 0 atom stereocenters. The van der Waals surface area contributed by atoms with Crippen molar-refractivity contribution in [1.82, 2.24) is 15.2 Å². The molecule has 0 aliphatic heterocycles. The third kappa shape index (κ3) is 5.41. The lowest BCUT2D eigenvalue weighted by molar-refractivity contribution is 0.102. The third-order valence-corrected chi connectivity index (χ3v) is 6.83. The Balaban J connectivity index is 1.37. The summed E-state index contributed by atoms with van der Waals surface area (Å²) in [5, 5.41) is 12.3. The smallest absolute Gasteiger partial charge is 0.256 e. The van der Waals surface area contributed by atoms with Crippen molar-refractivity contribution in [2.75, 3.05) is 5.32 Å². The number of carbonyl (C=O) groups is 1. The zero-order valence-corrected chi connectivity index (χ0v) is 20.5. The second-order valence-electron chi connectivity index (χ2n) is 7.58. The van der Waals surface area contributed by atoms with Crippen LogP contribution in [0.5, 0.6) is 0 Å². The van der Waals surface area contributed by atoms with E-state index in [9.17, 15) is 4.79 Å². The molecule has 2 heterocycles. The Hall–Kier alpha value is -3.58. The van der Waals surface area contributed by atoms with Crippen LogP contribution in [0.2, 0.25) is 10.0 Å². The van der Waals surface area contributed by atoms with E-state index in [0.29, 0.717) is 21.3 Å². The van der Waals surface area contributed by atoms with E-state index in [-0.39, 0.29) is 5.91 Å². The van der Waals surface area contributed by atoms with Gasteiger partial charge in [0, 0.05) is 26.4 Å². The molecule has 172 valence electrons. The van der Waals surface area contributed by atoms with Crippen molar-refractivity contribution < 1.29 is 4.79 Å². The van der Waals surface area contributed by atoms with Crippen LogP contribution >= 0.6 is 35.0 Å². The minimum absolute atomic E-state index is 0.262. The normalized spacial score (nSPS) is 11.3. The van der Waals surface area contributed by atoms with Crippen LogP contribution in [0.15, 0.2) is 94.9 Å². The van der Waals surface area contributed by atoms with Gasteiger partial charge in [0.2, 0.25) is 0 Å². The number of H-pyrrole nitrogens is 1.